The molecule has 0 fully saturated rings. The van der Waals surface area contributed by atoms with Gasteiger partial charge in [0.1, 0.15) is 0 Å². The fourth-order valence-corrected chi connectivity index (χ4v) is 0.214. The van der Waals surface area contributed by atoms with Gasteiger partial charge in [-0.2, -0.15) is 0 Å². The fourth-order valence-electron chi connectivity index (χ4n) is 0.132. The zero-order valence-corrected chi connectivity index (χ0v) is 5.61. The van der Waals surface area contributed by atoms with Crippen molar-refractivity contribution in [3.05, 3.63) is 20.7 Å². The van der Waals surface area contributed by atoms with E-state index in [1.54, 1.807) is 6.92 Å². The molecule has 0 saturated carbocycles. The molecule has 4 heteroatoms. The lowest BCUT2D eigenvalue weighted by Crippen LogP contribution is -1.93. The highest BCUT2D eigenvalue weighted by molar-refractivity contribution is 7.84. The Bertz CT molecular complexity index is 137. The Hall–Kier alpha value is -0.510. The van der Waals surface area contributed by atoms with Crippen molar-refractivity contribution in [2.24, 2.45) is 0 Å². The molecule has 0 atom stereocenters. The second-order valence-corrected chi connectivity index (χ2v) is 2.10. The lowest BCUT2D eigenvalue weighted by Gasteiger charge is -1.88. The summed E-state index contributed by atoms with van der Waals surface area (Å²) in [4.78, 5) is 9.84. The number of hydrogen-bond donors (Lipinski definition) is 1. The van der Waals surface area contributed by atoms with Crippen LogP contribution < -0.4 is 0 Å². The van der Waals surface area contributed by atoms with Crippen LogP contribution in [0.5, 0.6) is 0 Å². The molecule has 0 aliphatic rings. The van der Waals surface area contributed by atoms with Crippen molar-refractivity contribution >= 4 is 12.6 Å². The predicted octanol–water partition coefficient (Wildman–Crippen LogP) is 1.44. The van der Waals surface area contributed by atoms with Crippen molar-refractivity contribution in [2.75, 3.05) is 0 Å². The highest BCUT2D eigenvalue weighted by atomic mass is 32.1. The summed E-state index contributed by atoms with van der Waals surface area (Å²) in [6.07, 6.45) is 0. The minimum atomic E-state index is -0.456. The Labute approximate surface area is 53.0 Å². The summed E-state index contributed by atoms with van der Waals surface area (Å²) in [5, 5.41) is 9.84. The summed E-state index contributed by atoms with van der Waals surface area (Å²) in [5.41, 5.74) is 0.105. The first-order valence-corrected chi connectivity index (χ1v) is 2.51. The van der Waals surface area contributed by atoms with Gasteiger partial charge in [-0.15, -0.1) is 12.6 Å². The lowest BCUT2D eigenvalue weighted by atomic mass is 10.5. The normalized spacial score (nSPS) is 12.9. The summed E-state index contributed by atoms with van der Waals surface area (Å²) in [6, 6.07) is 0. The van der Waals surface area contributed by atoms with E-state index in [9.17, 15) is 10.1 Å². The highest BCUT2D eigenvalue weighted by Gasteiger charge is 2.02. The molecule has 8 heavy (non-hydrogen) atoms. The minimum Gasteiger partial charge on any atom is -0.259 e. The van der Waals surface area contributed by atoms with Crippen LogP contribution in [0.2, 0.25) is 0 Å². The molecule has 0 saturated heterocycles. The molecule has 0 spiro atoms. The molecule has 0 aromatic heterocycles. The summed E-state index contributed by atoms with van der Waals surface area (Å²) in [6.45, 7) is 3.00. The van der Waals surface area contributed by atoms with E-state index >= 15 is 0 Å². The van der Waals surface area contributed by atoms with Gasteiger partial charge in [-0.05, 0) is 6.92 Å². The van der Waals surface area contributed by atoms with E-state index in [0.717, 1.165) is 0 Å². The summed E-state index contributed by atoms with van der Waals surface area (Å²) < 4.78 is 0. The zero-order valence-electron chi connectivity index (χ0n) is 4.71. The summed E-state index contributed by atoms with van der Waals surface area (Å²) in [5.74, 6) is 0. The van der Waals surface area contributed by atoms with E-state index in [0.29, 0.717) is 4.91 Å². The Kier molecular flexibility index (Phi) is 2.54. The summed E-state index contributed by atoms with van der Waals surface area (Å²) >= 11 is 3.77. The van der Waals surface area contributed by atoms with Crippen LogP contribution in [0.1, 0.15) is 13.8 Å². The van der Waals surface area contributed by atoms with Crippen molar-refractivity contribution in [2.45, 2.75) is 13.8 Å². The van der Waals surface area contributed by atoms with Crippen molar-refractivity contribution < 1.29 is 4.92 Å². The molecule has 0 unspecified atom stereocenters. The van der Waals surface area contributed by atoms with Gasteiger partial charge < -0.3 is 0 Å². The van der Waals surface area contributed by atoms with Crippen molar-refractivity contribution in [1.29, 1.82) is 0 Å². The molecule has 0 aliphatic heterocycles. The van der Waals surface area contributed by atoms with Crippen molar-refractivity contribution in [3.8, 4) is 0 Å². The van der Waals surface area contributed by atoms with Crippen molar-refractivity contribution in [1.82, 2.24) is 0 Å². The van der Waals surface area contributed by atoms with E-state index in [1.165, 1.54) is 6.92 Å². The number of rotatable bonds is 1. The summed E-state index contributed by atoms with van der Waals surface area (Å²) in [7, 11) is 0. The van der Waals surface area contributed by atoms with Crippen LogP contribution in [-0.2, 0) is 0 Å². The number of nitro groups is 1. The Balaban J connectivity index is 4.23. The van der Waals surface area contributed by atoms with Crippen LogP contribution in [0.25, 0.3) is 0 Å². The lowest BCUT2D eigenvalue weighted by molar-refractivity contribution is -0.424. The number of allylic oxidation sites excluding steroid dienone is 2. The molecule has 0 aromatic rings. The van der Waals surface area contributed by atoms with Crippen LogP contribution in [0.15, 0.2) is 10.6 Å². The Morgan fingerprint density at radius 1 is 1.62 bits per heavy atom. The highest BCUT2D eigenvalue weighted by Crippen LogP contribution is 2.05. The van der Waals surface area contributed by atoms with Gasteiger partial charge in [0.15, 0.2) is 0 Å². The van der Waals surface area contributed by atoms with Gasteiger partial charge in [0.05, 0.1) is 9.83 Å². The molecule has 0 bridgehead atoms. The third-order valence-electron chi connectivity index (χ3n) is 0.797. The van der Waals surface area contributed by atoms with E-state index in [1.807, 2.05) is 0 Å². The number of hydrogen-bond acceptors (Lipinski definition) is 3. The molecule has 0 heterocycles. The second-order valence-electron chi connectivity index (χ2n) is 1.43. The van der Waals surface area contributed by atoms with Gasteiger partial charge in [-0.25, -0.2) is 0 Å². The fraction of sp³-hybridized carbons (Fsp3) is 0.500. The third-order valence-corrected chi connectivity index (χ3v) is 1.12. The molecule has 0 aliphatic carbocycles. The molecule has 0 aromatic carbocycles. The van der Waals surface area contributed by atoms with Crippen LogP contribution in [0.4, 0.5) is 0 Å². The first-order chi connectivity index (χ1) is 3.55. The molecule has 0 amide bonds. The molecular weight excluding hydrogens is 126 g/mol. The van der Waals surface area contributed by atoms with Gasteiger partial charge in [0, 0.05) is 6.92 Å². The van der Waals surface area contributed by atoms with Crippen LogP contribution in [0.3, 0.4) is 0 Å². The topological polar surface area (TPSA) is 43.1 Å². The molecule has 0 N–H and O–H groups in total. The van der Waals surface area contributed by atoms with E-state index in [4.69, 9.17) is 0 Å². The number of nitrogens with zero attached hydrogens (tertiary/aromatic N) is 1. The maximum atomic E-state index is 9.84. The van der Waals surface area contributed by atoms with E-state index < -0.39 is 4.92 Å². The zero-order chi connectivity index (χ0) is 6.73. The van der Waals surface area contributed by atoms with Gasteiger partial charge in [-0.1, -0.05) is 0 Å². The Morgan fingerprint density at radius 2 is 2.00 bits per heavy atom. The average molecular weight is 133 g/mol. The van der Waals surface area contributed by atoms with Crippen LogP contribution in [-0.4, -0.2) is 4.92 Å². The van der Waals surface area contributed by atoms with E-state index in [2.05, 4.69) is 12.6 Å². The monoisotopic (exact) mass is 133 g/mol. The van der Waals surface area contributed by atoms with Gasteiger partial charge in [0.2, 0.25) is 0 Å². The van der Waals surface area contributed by atoms with E-state index in [-0.39, 0.29) is 5.70 Å². The standard InChI is InChI=1S/C4H7NO2S/c1-3(4(2)8)5(6)7/h8H,1-2H3. The third kappa shape index (κ3) is 1.97. The van der Waals surface area contributed by atoms with Gasteiger partial charge in [-0.3, -0.25) is 10.1 Å². The first-order valence-electron chi connectivity index (χ1n) is 2.06. The largest absolute Gasteiger partial charge is 0.259 e. The van der Waals surface area contributed by atoms with Gasteiger partial charge in [0.25, 0.3) is 5.70 Å². The minimum absolute atomic E-state index is 0.105. The number of thiol groups is 1. The molecule has 0 radical (unpaired) electrons. The molecule has 3 nitrogen and oxygen atoms in total. The predicted molar refractivity (Wildman–Crippen MR) is 34.4 cm³/mol. The van der Waals surface area contributed by atoms with Gasteiger partial charge >= 0.3 is 0 Å². The van der Waals surface area contributed by atoms with Crippen LogP contribution >= 0.6 is 12.6 Å². The molecular formula is C4H7NO2S. The maximum absolute atomic E-state index is 9.84. The average Bonchev–Trinajstić information content (AvgIpc) is 1.64. The quantitative estimate of drug-likeness (QED) is 0.334. The first kappa shape index (κ1) is 7.49. The smallest absolute Gasteiger partial charge is 0.252 e. The second kappa shape index (κ2) is 2.71. The van der Waals surface area contributed by atoms with Crippen LogP contribution in [0, 0.1) is 10.1 Å². The Morgan fingerprint density at radius 3 is 2.00 bits per heavy atom. The SMILES string of the molecule is CC(S)=C(C)[N+](=O)[O-]. The molecule has 46 valence electrons. The molecule has 0 rings (SSSR count). The maximum Gasteiger partial charge on any atom is 0.252 e. The van der Waals surface area contributed by atoms with Crippen molar-refractivity contribution in [3.63, 3.8) is 0 Å².